The summed E-state index contributed by atoms with van der Waals surface area (Å²) in [5.41, 5.74) is 3.69. The largest absolute Gasteiger partial charge is 0.299 e. The molecule has 0 saturated heterocycles. The summed E-state index contributed by atoms with van der Waals surface area (Å²) in [6.07, 6.45) is 0.398. The average molecular weight is 319 g/mol. The Bertz CT molecular complexity index is 789. The maximum absolute atomic E-state index is 11.4. The summed E-state index contributed by atoms with van der Waals surface area (Å²) in [7, 11) is 0. The van der Waals surface area contributed by atoms with E-state index in [4.69, 9.17) is 11.6 Å². The second kappa shape index (κ2) is 5.79. The van der Waals surface area contributed by atoms with E-state index in [9.17, 15) is 10.1 Å². The molecule has 0 fully saturated rings. The van der Waals surface area contributed by atoms with Crippen molar-refractivity contribution >= 4 is 38.8 Å². The van der Waals surface area contributed by atoms with Gasteiger partial charge >= 0.3 is 0 Å². The molecule has 0 aliphatic rings. The molecule has 2 aromatic carbocycles. The van der Waals surface area contributed by atoms with Crippen molar-refractivity contribution in [2.24, 2.45) is 0 Å². The molecule has 0 spiro atoms. The van der Waals surface area contributed by atoms with Gasteiger partial charge in [0.1, 0.15) is 0 Å². The fraction of sp³-hybridized carbons (Fsp3) is 0.133. The van der Waals surface area contributed by atoms with E-state index < -0.39 is 0 Å². The second-order valence-corrected chi connectivity index (χ2v) is 6.03. The monoisotopic (exact) mass is 318 g/mol. The number of nitro benzene ring substituents is 1. The van der Waals surface area contributed by atoms with Gasteiger partial charge in [-0.15, -0.1) is 22.9 Å². The van der Waals surface area contributed by atoms with Crippen molar-refractivity contribution in [1.82, 2.24) is 4.98 Å². The van der Waals surface area contributed by atoms with Gasteiger partial charge in [0, 0.05) is 5.56 Å². The average Bonchev–Trinajstić information content (AvgIpc) is 2.95. The molecule has 0 saturated carbocycles. The van der Waals surface area contributed by atoms with E-state index in [1.54, 1.807) is 11.6 Å². The van der Waals surface area contributed by atoms with Crippen molar-refractivity contribution in [3.05, 3.63) is 69.2 Å². The van der Waals surface area contributed by atoms with Crippen LogP contribution >= 0.6 is 22.9 Å². The standard InChI is InChI=1S/C15H11ClN2O2S/c16-12(10-4-2-1-3-5-10)8-11-6-7-13-14(17-9-21-13)15(11)18(19)20/h1-7,9,12H,8H2. The van der Waals surface area contributed by atoms with Gasteiger partial charge in [0.2, 0.25) is 0 Å². The fourth-order valence-electron chi connectivity index (χ4n) is 2.30. The van der Waals surface area contributed by atoms with Gasteiger partial charge in [-0.25, -0.2) is 4.98 Å². The van der Waals surface area contributed by atoms with Gasteiger partial charge in [-0.05, 0) is 18.1 Å². The Balaban J connectivity index is 2.00. The molecule has 0 aliphatic carbocycles. The number of halogens is 1. The minimum atomic E-state index is -0.369. The second-order valence-electron chi connectivity index (χ2n) is 4.61. The molecular weight excluding hydrogens is 308 g/mol. The number of fused-ring (bicyclic) bond motifs is 1. The molecule has 0 aliphatic heterocycles. The number of nitro groups is 1. The molecule has 1 aromatic heterocycles. The van der Waals surface area contributed by atoms with E-state index in [0.717, 1.165) is 10.3 Å². The zero-order valence-corrected chi connectivity index (χ0v) is 12.5. The van der Waals surface area contributed by atoms with Gasteiger partial charge in [-0.3, -0.25) is 10.1 Å². The van der Waals surface area contributed by atoms with Crippen molar-refractivity contribution in [2.75, 3.05) is 0 Å². The third kappa shape index (κ3) is 2.75. The smallest absolute Gasteiger partial charge is 0.258 e. The highest BCUT2D eigenvalue weighted by molar-refractivity contribution is 7.16. The lowest BCUT2D eigenvalue weighted by Gasteiger charge is -2.10. The lowest BCUT2D eigenvalue weighted by molar-refractivity contribution is -0.383. The van der Waals surface area contributed by atoms with E-state index in [0.29, 0.717) is 17.5 Å². The van der Waals surface area contributed by atoms with Crippen LogP contribution in [0.5, 0.6) is 0 Å². The van der Waals surface area contributed by atoms with Crippen molar-refractivity contribution in [3.8, 4) is 0 Å². The van der Waals surface area contributed by atoms with Gasteiger partial charge in [0.25, 0.3) is 5.69 Å². The van der Waals surface area contributed by atoms with Crippen LogP contribution in [0, 0.1) is 10.1 Å². The molecule has 21 heavy (non-hydrogen) atoms. The van der Waals surface area contributed by atoms with Gasteiger partial charge in [0.05, 0.1) is 20.5 Å². The number of benzene rings is 2. The maximum Gasteiger partial charge on any atom is 0.299 e. The summed E-state index contributed by atoms with van der Waals surface area (Å²) < 4.78 is 0.816. The number of thiazole rings is 1. The Kier molecular flexibility index (Phi) is 3.86. The van der Waals surface area contributed by atoms with Crippen molar-refractivity contribution < 1.29 is 4.92 Å². The molecule has 1 heterocycles. The SMILES string of the molecule is O=[N+]([O-])c1c(CC(Cl)c2ccccc2)ccc2scnc12. The third-order valence-electron chi connectivity index (χ3n) is 3.30. The third-order valence-corrected chi connectivity index (χ3v) is 4.50. The highest BCUT2D eigenvalue weighted by Gasteiger charge is 2.22. The molecule has 0 N–H and O–H groups in total. The summed E-state index contributed by atoms with van der Waals surface area (Å²) in [6, 6.07) is 13.2. The minimum absolute atomic E-state index is 0.0651. The summed E-state index contributed by atoms with van der Waals surface area (Å²) in [5, 5.41) is 11.1. The lowest BCUT2D eigenvalue weighted by atomic mass is 10.0. The van der Waals surface area contributed by atoms with E-state index in [-0.39, 0.29) is 16.0 Å². The highest BCUT2D eigenvalue weighted by Crippen LogP contribution is 2.35. The van der Waals surface area contributed by atoms with E-state index in [2.05, 4.69) is 4.98 Å². The van der Waals surface area contributed by atoms with Gasteiger partial charge < -0.3 is 0 Å². The molecule has 0 radical (unpaired) electrons. The molecule has 3 rings (SSSR count). The van der Waals surface area contributed by atoms with Gasteiger partial charge in [-0.1, -0.05) is 36.4 Å². The highest BCUT2D eigenvalue weighted by atomic mass is 35.5. The first kappa shape index (κ1) is 14.0. The first-order chi connectivity index (χ1) is 10.2. The Hall–Kier alpha value is -1.98. The van der Waals surface area contributed by atoms with Crippen LogP contribution in [0.25, 0.3) is 10.2 Å². The van der Waals surface area contributed by atoms with Crippen molar-refractivity contribution in [3.63, 3.8) is 0 Å². The van der Waals surface area contributed by atoms with Gasteiger partial charge in [-0.2, -0.15) is 0 Å². The van der Waals surface area contributed by atoms with E-state index >= 15 is 0 Å². The molecule has 4 nitrogen and oxygen atoms in total. The van der Waals surface area contributed by atoms with Crippen LogP contribution in [-0.4, -0.2) is 9.91 Å². The Morgan fingerprint density at radius 3 is 2.71 bits per heavy atom. The molecular formula is C15H11ClN2O2S. The first-order valence-electron chi connectivity index (χ1n) is 6.35. The van der Waals surface area contributed by atoms with E-state index in [1.165, 1.54) is 11.3 Å². The summed E-state index contributed by atoms with van der Waals surface area (Å²) in [5.74, 6) is 0. The summed E-state index contributed by atoms with van der Waals surface area (Å²) in [4.78, 5) is 15.1. The van der Waals surface area contributed by atoms with Crippen LogP contribution in [0.1, 0.15) is 16.5 Å². The predicted octanol–water partition coefficient (Wildman–Crippen LogP) is 4.73. The van der Waals surface area contributed by atoms with Crippen molar-refractivity contribution in [2.45, 2.75) is 11.8 Å². The number of alkyl halides is 1. The number of hydrogen-bond acceptors (Lipinski definition) is 4. The quantitative estimate of drug-likeness (QED) is 0.397. The Morgan fingerprint density at radius 2 is 2.00 bits per heavy atom. The normalized spacial score (nSPS) is 12.4. The molecule has 0 bridgehead atoms. The Morgan fingerprint density at radius 1 is 1.24 bits per heavy atom. The van der Waals surface area contributed by atoms with Crippen LogP contribution in [0.2, 0.25) is 0 Å². The Labute approximate surface area is 130 Å². The summed E-state index contributed by atoms with van der Waals surface area (Å²) in [6.45, 7) is 0. The maximum atomic E-state index is 11.4. The topological polar surface area (TPSA) is 56.0 Å². The van der Waals surface area contributed by atoms with Crippen LogP contribution in [0.3, 0.4) is 0 Å². The number of aromatic nitrogens is 1. The minimum Gasteiger partial charge on any atom is -0.258 e. The molecule has 1 unspecified atom stereocenters. The van der Waals surface area contributed by atoms with Crippen LogP contribution in [-0.2, 0) is 6.42 Å². The van der Waals surface area contributed by atoms with Gasteiger partial charge in [0.15, 0.2) is 5.52 Å². The molecule has 1 atom stereocenters. The van der Waals surface area contributed by atoms with Crippen LogP contribution < -0.4 is 0 Å². The first-order valence-corrected chi connectivity index (χ1v) is 7.67. The zero-order valence-electron chi connectivity index (χ0n) is 10.9. The molecule has 106 valence electrons. The number of nitrogens with zero attached hydrogens (tertiary/aromatic N) is 2. The summed E-state index contributed by atoms with van der Waals surface area (Å²) >= 11 is 7.80. The predicted molar refractivity (Wildman–Crippen MR) is 85.0 cm³/mol. The molecule has 0 amide bonds. The number of rotatable bonds is 4. The van der Waals surface area contributed by atoms with Crippen molar-refractivity contribution in [1.29, 1.82) is 0 Å². The fourth-order valence-corrected chi connectivity index (χ4v) is 3.29. The van der Waals surface area contributed by atoms with E-state index in [1.807, 2.05) is 36.4 Å². The zero-order chi connectivity index (χ0) is 14.8. The molecule has 6 heteroatoms. The van der Waals surface area contributed by atoms with Crippen LogP contribution in [0.15, 0.2) is 48.0 Å². The number of hydrogen-bond donors (Lipinski definition) is 0. The molecule has 3 aromatic rings. The van der Waals surface area contributed by atoms with Crippen LogP contribution in [0.4, 0.5) is 5.69 Å². The lowest BCUT2D eigenvalue weighted by Crippen LogP contribution is -2.01.